The fourth-order valence-electron chi connectivity index (χ4n) is 2.42. The van der Waals surface area contributed by atoms with E-state index in [0.29, 0.717) is 24.2 Å². The van der Waals surface area contributed by atoms with Crippen LogP contribution >= 0.6 is 0 Å². The third kappa shape index (κ3) is 2.83. The number of nitrogens with zero attached hydrogens (tertiary/aromatic N) is 3. The molecular formula is C14H17N3O2. The summed E-state index contributed by atoms with van der Waals surface area (Å²) < 4.78 is 5.28. The van der Waals surface area contributed by atoms with Gasteiger partial charge in [0.25, 0.3) is 0 Å². The number of aromatic nitrogens is 2. The molecule has 1 aromatic carbocycles. The molecule has 0 spiro atoms. The summed E-state index contributed by atoms with van der Waals surface area (Å²) in [6.07, 6.45) is 1.04. The second kappa shape index (κ2) is 5.50. The Morgan fingerprint density at radius 1 is 1.32 bits per heavy atom. The zero-order valence-corrected chi connectivity index (χ0v) is 10.7. The highest BCUT2D eigenvalue weighted by Crippen LogP contribution is 2.19. The van der Waals surface area contributed by atoms with Gasteiger partial charge in [-0.05, 0) is 18.9 Å². The molecule has 5 heteroatoms. The third-order valence-corrected chi connectivity index (χ3v) is 3.49. The summed E-state index contributed by atoms with van der Waals surface area (Å²) in [7, 11) is 0. The average Bonchev–Trinajstić information content (AvgIpc) is 3.09. The maximum absolute atomic E-state index is 9.12. The highest BCUT2D eigenvalue weighted by molar-refractivity contribution is 5.53. The second-order valence-corrected chi connectivity index (χ2v) is 4.95. The Bertz CT molecular complexity index is 526. The molecule has 1 aromatic heterocycles. The number of benzene rings is 1. The Labute approximate surface area is 111 Å². The van der Waals surface area contributed by atoms with E-state index in [1.165, 1.54) is 0 Å². The van der Waals surface area contributed by atoms with Gasteiger partial charge in [-0.3, -0.25) is 4.90 Å². The van der Waals surface area contributed by atoms with Crippen molar-refractivity contribution in [2.45, 2.75) is 13.0 Å². The maximum atomic E-state index is 9.12. The van der Waals surface area contributed by atoms with Crippen LogP contribution in [0.5, 0.6) is 0 Å². The number of hydrogen-bond donors (Lipinski definition) is 1. The van der Waals surface area contributed by atoms with Crippen LogP contribution in [-0.2, 0) is 6.54 Å². The highest BCUT2D eigenvalue weighted by atomic mass is 16.5. The predicted molar refractivity (Wildman–Crippen MR) is 70.2 cm³/mol. The molecule has 0 bridgehead atoms. The molecule has 1 aliphatic rings. The Kier molecular flexibility index (Phi) is 3.57. The fraction of sp³-hybridized carbons (Fsp3) is 0.429. The molecule has 0 aliphatic carbocycles. The van der Waals surface area contributed by atoms with Gasteiger partial charge < -0.3 is 9.63 Å². The molecule has 1 saturated heterocycles. The molecule has 3 rings (SSSR count). The summed E-state index contributed by atoms with van der Waals surface area (Å²) in [4.78, 5) is 6.65. The molecule has 2 aromatic rings. The monoisotopic (exact) mass is 259 g/mol. The van der Waals surface area contributed by atoms with E-state index in [4.69, 9.17) is 9.63 Å². The van der Waals surface area contributed by atoms with Crippen LogP contribution < -0.4 is 0 Å². The fourth-order valence-corrected chi connectivity index (χ4v) is 2.42. The lowest BCUT2D eigenvalue weighted by Crippen LogP contribution is -2.21. The average molecular weight is 259 g/mol. The molecule has 0 radical (unpaired) electrons. The lowest BCUT2D eigenvalue weighted by atomic mass is 10.1. The molecule has 19 heavy (non-hydrogen) atoms. The first-order valence-corrected chi connectivity index (χ1v) is 6.56. The molecule has 2 heterocycles. The van der Waals surface area contributed by atoms with E-state index in [1.807, 2.05) is 30.3 Å². The Balaban J connectivity index is 1.66. The summed E-state index contributed by atoms with van der Waals surface area (Å²) in [5, 5.41) is 13.1. The minimum Gasteiger partial charge on any atom is -0.396 e. The van der Waals surface area contributed by atoms with Gasteiger partial charge in [-0.15, -0.1) is 0 Å². The van der Waals surface area contributed by atoms with E-state index in [2.05, 4.69) is 15.0 Å². The molecule has 1 aliphatic heterocycles. The largest absolute Gasteiger partial charge is 0.396 e. The lowest BCUT2D eigenvalue weighted by Gasteiger charge is -2.11. The van der Waals surface area contributed by atoms with E-state index >= 15 is 0 Å². The van der Waals surface area contributed by atoms with Gasteiger partial charge in [0, 0.05) is 18.7 Å². The van der Waals surface area contributed by atoms with Gasteiger partial charge in [-0.25, -0.2) is 0 Å². The van der Waals surface area contributed by atoms with Crippen molar-refractivity contribution in [3.8, 4) is 11.4 Å². The second-order valence-electron chi connectivity index (χ2n) is 4.95. The van der Waals surface area contributed by atoms with Gasteiger partial charge in [0.2, 0.25) is 11.7 Å². The number of aliphatic hydroxyl groups excluding tert-OH is 1. The smallest absolute Gasteiger partial charge is 0.241 e. The number of hydrogen-bond acceptors (Lipinski definition) is 5. The molecule has 5 nitrogen and oxygen atoms in total. The Morgan fingerprint density at radius 3 is 2.89 bits per heavy atom. The molecular weight excluding hydrogens is 242 g/mol. The minimum atomic E-state index is 0.260. The predicted octanol–water partition coefficient (Wildman–Crippen LogP) is 1.55. The maximum Gasteiger partial charge on any atom is 0.241 e. The first-order valence-electron chi connectivity index (χ1n) is 6.56. The van der Waals surface area contributed by atoms with E-state index < -0.39 is 0 Å². The summed E-state index contributed by atoms with van der Waals surface area (Å²) in [6.45, 7) is 2.81. The zero-order chi connectivity index (χ0) is 13.1. The first-order chi connectivity index (χ1) is 9.35. The zero-order valence-electron chi connectivity index (χ0n) is 10.7. The van der Waals surface area contributed by atoms with Crippen molar-refractivity contribution in [3.63, 3.8) is 0 Å². The molecule has 1 fully saturated rings. The lowest BCUT2D eigenvalue weighted by molar-refractivity contribution is 0.211. The number of aliphatic hydroxyl groups is 1. The van der Waals surface area contributed by atoms with E-state index in [0.717, 1.165) is 25.1 Å². The molecule has 100 valence electrons. The molecule has 1 atom stereocenters. The van der Waals surface area contributed by atoms with Crippen LogP contribution in [0.3, 0.4) is 0 Å². The van der Waals surface area contributed by atoms with Gasteiger partial charge in [0.15, 0.2) is 0 Å². The van der Waals surface area contributed by atoms with Crippen molar-refractivity contribution >= 4 is 0 Å². The van der Waals surface area contributed by atoms with Crippen molar-refractivity contribution in [3.05, 3.63) is 36.2 Å². The van der Waals surface area contributed by atoms with Crippen LogP contribution in [-0.4, -0.2) is 39.8 Å². The van der Waals surface area contributed by atoms with Crippen LogP contribution in [0.1, 0.15) is 12.3 Å². The third-order valence-electron chi connectivity index (χ3n) is 3.49. The van der Waals surface area contributed by atoms with Crippen molar-refractivity contribution in [2.75, 3.05) is 19.7 Å². The molecule has 1 unspecified atom stereocenters. The topological polar surface area (TPSA) is 62.4 Å². The molecule has 0 amide bonds. The van der Waals surface area contributed by atoms with Crippen LogP contribution in [0.4, 0.5) is 0 Å². The number of rotatable bonds is 4. The quantitative estimate of drug-likeness (QED) is 0.902. The van der Waals surface area contributed by atoms with Crippen molar-refractivity contribution in [1.82, 2.24) is 15.0 Å². The van der Waals surface area contributed by atoms with Crippen molar-refractivity contribution in [1.29, 1.82) is 0 Å². The van der Waals surface area contributed by atoms with Gasteiger partial charge >= 0.3 is 0 Å². The van der Waals surface area contributed by atoms with E-state index in [9.17, 15) is 0 Å². The SMILES string of the molecule is OCC1CCN(Cc2nc(-c3ccccc3)no2)C1. The summed E-state index contributed by atoms with van der Waals surface area (Å²) in [6, 6.07) is 9.80. The van der Waals surface area contributed by atoms with Gasteiger partial charge in [-0.1, -0.05) is 35.5 Å². The van der Waals surface area contributed by atoms with Crippen LogP contribution in [0, 0.1) is 5.92 Å². The van der Waals surface area contributed by atoms with Gasteiger partial charge in [-0.2, -0.15) is 4.98 Å². The molecule has 1 N–H and O–H groups in total. The minimum absolute atomic E-state index is 0.260. The van der Waals surface area contributed by atoms with Gasteiger partial charge in [0.1, 0.15) is 0 Å². The summed E-state index contributed by atoms with van der Waals surface area (Å²) in [5.74, 6) is 1.66. The van der Waals surface area contributed by atoms with Crippen LogP contribution in [0.2, 0.25) is 0 Å². The molecule has 0 saturated carbocycles. The highest BCUT2D eigenvalue weighted by Gasteiger charge is 2.23. The Hall–Kier alpha value is -1.72. The standard InChI is InChI=1S/C14H17N3O2/c18-10-11-6-7-17(8-11)9-13-15-14(16-19-13)12-4-2-1-3-5-12/h1-5,11,18H,6-10H2. The van der Waals surface area contributed by atoms with Crippen molar-refractivity contribution in [2.24, 2.45) is 5.92 Å². The summed E-state index contributed by atoms with van der Waals surface area (Å²) >= 11 is 0. The van der Waals surface area contributed by atoms with Crippen LogP contribution in [0.25, 0.3) is 11.4 Å². The van der Waals surface area contributed by atoms with E-state index in [1.54, 1.807) is 0 Å². The first kappa shape index (κ1) is 12.3. The number of likely N-dealkylation sites (tertiary alicyclic amines) is 1. The van der Waals surface area contributed by atoms with Gasteiger partial charge in [0.05, 0.1) is 6.54 Å². The summed E-state index contributed by atoms with van der Waals surface area (Å²) in [5.41, 5.74) is 0.965. The normalized spacial score (nSPS) is 19.9. The van der Waals surface area contributed by atoms with E-state index in [-0.39, 0.29) is 6.61 Å². The van der Waals surface area contributed by atoms with Crippen molar-refractivity contribution < 1.29 is 9.63 Å². The Morgan fingerprint density at radius 2 is 2.16 bits per heavy atom. The van der Waals surface area contributed by atoms with Crippen LogP contribution in [0.15, 0.2) is 34.9 Å².